The number of benzene rings is 1. The van der Waals surface area contributed by atoms with Crippen molar-refractivity contribution in [2.45, 2.75) is 0 Å². The molecule has 0 aromatic heterocycles. The fraction of sp³-hybridized carbons (Fsp3) is 0.111. The number of rotatable bonds is 3. The molecule has 1 rings (SSSR count). The molecule has 11 heavy (non-hydrogen) atoms. The van der Waals surface area contributed by atoms with Crippen molar-refractivity contribution in [1.82, 2.24) is 0 Å². The van der Waals surface area contributed by atoms with E-state index in [1.54, 1.807) is 0 Å². The Balaban J connectivity index is 2.58. The number of halogens is 1. The van der Waals surface area contributed by atoms with E-state index in [0.29, 0.717) is 15.0 Å². The molecule has 0 saturated heterocycles. The predicted molar refractivity (Wildman–Crippen MR) is 54.8 cm³/mol. The van der Waals surface area contributed by atoms with Crippen molar-refractivity contribution < 1.29 is 0 Å². The number of alkyl halides is 1. The van der Waals surface area contributed by atoms with Crippen molar-refractivity contribution in [1.29, 1.82) is 0 Å². The molecule has 0 heterocycles. The van der Waals surface area contributed by atoms with Crippen molar-refractivity contribution in [2.24, 2.45) is 0 Å². The molecule has 0 fully saturated rings. The second kappa shape index (κ2) is 4.76. The molecule has 0 aliphatic carbocycles. The van der Waals surface area contributed by atoms with E-state index in [2.05, 4.69) is 46.8 Å². The van der Waals surface area contributed by atoms with Gasteiger partial charge in [-0.15, -0.1) is 0 Å². The van der Waals surface area contributed by atoms with E-state index in [1.807, 2.05) is 6.07 Å². The molecule has 0 nitrogen and oxygen atoms in total. The van der Waals surface area contributed by atoms with Crippen LogP contribution >= 0.6 is 15.9 Å². The van der Waals surface area contributed by atoms with E-state index in [9.17, 15) is 0 Å². The van der Waals surface area contributed by atoms with E-state index < -0.39 is 0 Å². The van der Waals surface area contributed by atoms with Crippen LogP contribution in [-0.2, 0) is 0 Å². The molecule has 1 aromatic carbocycles. The average Bonchev–Trinajstić information content (AvgIpc) is 2.06. The van der Waals surface area contributed by atoms with Crippen LogP contribution in [0.3, 0.4) is 0 Å². The quantitative estimate of drug-likeness (QED) is 0.584. The van der Waals surface area contributed by atoms with Gasteiger partial charge in [0, 0.05) is 0 Å². The summed E-state index contributed by atoms with van der Waals surface area (Å²) < 4.78 is 2.67. The summed E-state index contributed by atoms with van der Waals surface area (Å²) in [5.74, 6) is 0. The number of allylic oxidation sites excluding steroid dienone is 1. The Morgan fingerprint density at radius 1 is 1.36 bits per heavy atom. The van der Waals surface area contributed by atoms with Crippen LogP contribution in [0.2, 0.25) is 0 Å². The summed E-state index contributed by atoms with van der Waals surface area (Å²) in [5, 5.41) is 0.919. The van der Waals surface area contributed by atoms with Crippen LogP contribution in [0.25, 0.3) is 0 Å². The Kier molecular flexibility index (Phi) is 3.92. The Morgan fingerprint density at radius 3 is 2.55 bits per heavy atom. The molecule has 0 unspecified atom stereocenters. The molecule has 0 amide bonds. The van der Waals surface area contributed by atoms with Gasteiger partial charge in [0.05, 0.1) is 0 Å². The topological polar surface area (TPSA) is 0 Å². The molecule has 0 aliphatic rings. The molecule has 2 heteroatoms. The SMILES string of the molecule is C=C(CBr)[Se]c1ccccc1. The van der Waals surface area contributed by atoms with Gasteiger partial charge in [0.25, 0.3) is 0 Å². The molecule has 0 spiro atoms. The van der Waals surface area contributed by atoms with Gasteiger partial charge < -0.3 is 0 Å². The van der Waals surface area contributed by atoms with Gasteiger partial charge in [0.15, 0.2) is 0 Å². The van der Waals surface area contributed by atoms with Crippen molar-refractivity contribution in [3.8, 4) is 0 Å². The van der Waals surface area contributed by atoms with Gasteiger partial charge in [-0.05, 0) is 0 Å². The van der Waals surface area contributed by atoms with Crippen LogP contribution < -0.4 is 4.46 Å². The van der Waals surface area contributed by atoms with E-state index in [1.165, 1.54) is 8.93 Å². The van der Waals surface area contributed by atoms with Gasteiger partial charge in [0.1, 0.15) is 0 Å². The summed E-state index contributed by atoms with van der Waals surface area (Å²) >= 11 is 3.82. The zero-order chi connectivity index (χ0) is 8.10. The summed E-state index contributed by atoms with van der Waals surface area (Å²) in [4.78, 5) is 0. The van der Waals surface area contributed by atoms with E-state index in [4.69, 9.17) is 0 Å². The summed E-state index contributed by atoms with van der Waals surface area (Å²) in [5.41, 5.74) is 0. The van der Waals surface area contributed by atoms with Gasteiger partial charge in [-0.25, -0.2) is 0 Å². The third-order valence-corrected chi connectivity index (χ3v) is 4.64. The first kappa shape index (κ1) is 9.05. The summed E-state index contributed by atoms with van der Waals surface area (Å²) in [6.45, 7) is 3.95. The normalized spacial score (nSPS) is 9.55. The fourth-order valence-corrected chi connectivity index (χ4v) is 2.71. The van der Waals surface area contributed by atoms with Crippen LogP contribution in [-0.4, -0.2) is 20.3 Å². The zero-order valence-corrected chi connectivity index (χ0v) is 9.39. The molecule has 58 valence electrons. The molecule has 0 atom stereocenters. The standard InChI is InChI=1S/C9H9BrSe/c1-8(7-10)11-9-5-3-2-4-6-9/h2-6H,1,7H2. The first-order valence-corrected chi connectivity index (χ1v) is 6.13. The van der Waals surface area contributed by atoms with Gasteiger partial charge >= 0.3 is 82.1 Å². The van der Waals surface area contributed by atoms with Gasteiger partial charge in [-0.1, -0.05) is 0 Å². The first-order valence-electron chi connectivity index (χ1n) is 3.29. The monoisotopic (exact) mass is 276 g/mol. The molecule has 1 aromatic rings. The maximum atomic E-state index is 3.95. The van der Waals surface area contributed by atoms with Crippen LogP contribution in [0.4, 0.5) is 0 Å². The number of hydrogen-bond donors (Lipinski definition) is 0. The Labute approximate surface area is 82.0 Å². The zero-order valence-electron chi connectivity index (χ0n) is 6.09. The van der Waals surface area contributed by atoms with Gasteiger partial charge in [-0.2, -0.15) is 0 Å². The van der Waals surface area contributed by atoms with E-state index in [-0.39, 0.29) is 0 Å². The van der Waals surface area contributed by atoms with E-state index in [0.717, 1.165) is 5.33 Å². The van der Waals surface area contributed by atoms with Crippen LogP contribution in [0.5, 0.6) is 0 Å². The Bertz CT molecular complexity index is 231. The molecule has 0 bridgehead atoms. The molecule has 0 aliphatic heterocycles. The first-order chi connectivity index (χ1) is 5.33. The van der Waals surface area contributed by atoms with Crippen molar-refractivity contribution in [2.75, 3.05) is 5.33 Å². The van der Waals surface area contributed by atoms with Crippen molar-refractivity contribution >= 4 is 35.3 Å². The van der Waals surface area contributed by atoms with Crippen LogP contribution in [0.1, 0.15) is 0 Å². The van der Waals surface area contributed by atoms with Gasteiger partial charge in [-0.3, -0.25) is 0 Å². The predicted octanol–water partition coefficient (Wildman–Crippen LogP) is 1.92. The maximum absolute atomic E-state index is 3.95. The second-order valence-corrected chi connectivity index (χ2v) is 5.28. The van der Waals surface area contributed by atoms with Crippen LogP contribution in [0.15, 0.2) is 41.4 Å². The van der Waals surface area contributed by atoms with Crippen LogP contribution in [0, 0.1) is 0 Å². The fourth-order valence-electron chi connectivity index (χ4n) is 0.682. The summed E-state index contributed by atoms with van der Waals surface area (Å²) in [6.07, 6.45) is 0. The Hall–Kier alpha value is -0.0405. The molecular formula is C9H9BrSe. The average molecular weight is 276 g/mol. The molecule has 0 radical (unpaired) electrons. The molecular weight excluding hydrogens is 267 g/mol. The molecule has 0 saturated carbocycles. The summed E-state index contributed by atoms with van der Waals surface area (Å²) in [6, 6.07) is 10.5. The summed E-state index contributed by atoms with van der Waals surface area (Å²) in [7, 11) is 0. The van der Waals surface area contributed by atoms with Gasteiger partial charge in [0.2, 0.25) is 0 Å². The Morgan fingerprint density at radius 2 is 2.00 bits per heavy atom. The minimum atomic E-state index is 0.435. The van der Waals surface area contributed by atoms with E-state index >= 15 is 0 Å². The molecule has 0 N–H and O–H groups in total. The minimum absolute atomic E-state index is 0.435. The third kappa shape index (κ3) is 3.24. The van der Waals surface area contributed by atoms with Crippen molar-refractivity contribution in [3.05, 3.63) is 41.4 Å². The third-order valence-electron chi connectivity index (χ3n) is 1.15. The second-order valence-electron chi connectivity index (χ2n) is 2.09. The number of hydrogen-bond acceptors (Lipinski definition) is 0. The van der Waals surface area contributed by atoms with Crippen molar-refractivity contribution in [3.63, 3.8) is 0 Å².